The standard InChI is InChI=1S/C34H39N5O5/c1-5-22(3)32(27(6-2)30-8-7-9-31(37-30)39-33(42-4)28(19-36-39)34(40)41)44-21-23-16-24-10-13-38(26-11-14-43-15-12-26)20-29(24)25(17-23)18-35/h6-9,16-17,19,26H,5,10-15,20-21H2,1-4H3,(H,40,41)/b27-6-,32-22+. The first-order valence-electron chi connectivity index (χ1n) is 15.1. The summed E-state index contributed by atoms with van der Waals surface area (Å²) in [5, 5.41) is 23.8. The van der Waals surface area contributed by atoms with Crippen LogP contribution in [0, 0.1) is 11.3 Å². The second kappa shape index (κ2) is 13.9. The Morgan fingerprint density at radius 2 is 2.07 bits per heavy atom. The first kappa shape index (κ1) is 31.0. The van der Waals surface area contributed by atoms with Crippen molar-refractivity contribution in [3.63, 3.8) is 0 Å². The molecule has 1 fully saturated rings. The van der Waals surface area contributed by atoms with E-state index in [0.717, 1.165) is 80.0 Å². The Kier molecular flexibility index (Phi) is 9.78. The Hall–Kier alpha value is -4.46. The van der Waals surface area contributed by atoms with Gasteiger partial charge >= 0.3 is 5.97 Å². The highest BCUT2D eigenvalue weighted by Gasteiger charge is 2.27. The second-order valence-corrected chi connectivity index (χ2v) is 11.1. The molecule has 10 heteroatoms. The number of hydrogen-bond acceptors (Lipinski definition) is 8. The monoisotopic (exact) mass is 597 g/mol. The van der Waals surface area contributed by atoms with E-state index in [1.165, 1.54) is 23.6 Å². The van der Waals surface area contributed by atoms with Gasteiger partial charge in [-0.05, 0) is 80.0 Å². The maximum absolute atomic E-state index is 11.6. The molecule has 4 heterocycles. The molecule has 0 bridgehead atoms. The van der Waals surface area contributed by atoms with Crippen LogP contribution in [0.4, 0.5) is 0 Å². The number of allylic oxidation sites excluding steroid dienone is 3. The fraction of sp³-hybridized carbons (Fsp3) is 0.412. The molecule has 2 aliphatic heterocycles. The smallest absolute Gasteiger partial charge is 0.342 e. The van der Waals surface area contributed by atoms with Gasteiger partial charge in [0.15, 0.2) is 5.82 Å². The first-order chi connectivity index (χ1) is 21.4. The zero-order valence-electron chi connectivity index (χ0n) is 25.8. The largest absolute Gasteiger partial charge is 0.488 e. The number of nitriles is 1. The molecule has 0 unspecified atom stereocenters. The minimum Gasteiger partial charge on any atom is -0.488 e. The fourth-order valence-electron chi connectivity index (χ4n) is 5.98. The Balaban J connectivity index is 1.39. The van der Waals surface area contributed by atoms with Gasteiger partial charge in [0.25, 0.3) is 0 Å². The summed E-state index contributed by atoms with van der Waals surface area (Å²) < 4.78 is 18.8. The number of nitrogens with zero attached hydrogens (tertiary/aromatic N) is 5. The Morgan fingerprint density at radius 3 is 2.75 bits per heavy atom. The van der Waals surface area contributed by atoms with E-state index in [2.05, 4.69) is 29.1 Å². The maximum Gasteiger partial charge on any atom is 0.342 e. The molecule has 1 saturated heterocycles. The minimum absolute atomic E-state index is 0.0465. The predicted octanol–water partition coefficient (Wildman–Crippen LogP) is 5.69. The molecule has 2 aliphatic rings. The molecular weight excluding hydrogens is 558 g/mol. The second-order valence-electron chi connectivity index (χ2n) is 11.1. The van der Waals surface area contributed by atoms with Crippen LogP contribution in [-0.2, 0) is 29.0 Å². The number of rotatable bonds is 10. The number of ether oxygens (including phenoxy) is 3. The number of hydrogen-bond donors (Lipinski definition) is 1. The number of carboxylic acids is 1. The van der Waals surface area contributed by atoms with Crippen LogP contribution in [0.15, 0.2) is 53.9 Å². The van der Waals surface area contributed by atoms with Gasteiger partial charge in [-0.3, -0.25) is 4.90 Å². The van der Waals surface area contributed by atoms with Crippen molar-refractivity contribution in [3.05, 3.63) is 87.4 Å². The van der Waals surface area contributed by atoms with Gasteiger partial charge in [-0.25, -0.2) is 9.78 Å². The third kappa shape index (κ3) is 6.39. The summed E-state index contributed by atoms with van der Waals surface area (Å²) in [6, 6.07) is 12.6. The van der Waals surface area contributed by atoms with Crippen LogP contribution in [0.25, 0.3) is 11.4 Å². The molecule has 0 radical (unpaired) electrons. The highest BCUT2D eigenvalue weighted by molar-refractivity contribution is 5.90. The maximum atomic E-state index is 11.6. The molecule has 0 aliphatic carbocycles. The summed E-state index contributed by atoms with van der Waals surface area (Å²) in [7, 11) is 1.40. The first-order valence-corrected chi connectivity index (χ1v) is 15.1. The number of benzene rings is 1. The number of carbonyl (C=O) groups is 1. The summed E-state index contributed by atoms with van der Waals surface area (Å²) >= 11 is 0. The SMILES string of the molecule is C/C=C(\C(OCc1cc(C#N)c2c(c1)CCN(C1CCOCC1)C2)=C(\C)CC)c1cccc(-n2ncc(C(=O)O)c2OC)n1. The van der Waals surface area contributed by atoms with Crippen LogP contribution in [-0.4, -0.2) is 63.7 Å². The van der Waals surface area contributed by atoms with Crippen LogP contribution in [0.2, 0.25) is 0 Å². The van der Waals surface area contributed by atoms with Gasteiger partial charge in [0, 0.05) is 37.9 Å². The van der Waals surface area contributed by atoms with Crippen molar-refractivity contribution in [2.45, 2.75) is 65.6 Å². The van der Waals surface area contributed by atoms with E-state index in [0.29, 0.717) is 29.7 Å². The molecule has 3 aromatic rings. The van der Waals surface area contributed by atoms with Crippen LogP contribution in [0.5, 0.6) is 5.88 Å². The van der Waals surface area contributed by atoms with Gasteiger partial charge in [-0.15, -0.1) is 0 Å². The van der Waals surface area contributed by atoms with Crippen molar-refractivity contribution in [2.24, 2.45) is 0 Å². The lowest BCUT2D eigenvalue weighted by atomic mass is 9.91. The summed E-state index contributed by atoms with van der Waals surface area (Å²) in [5.41, 5.74) is 6.49. The summed E-state index contributed by atoms with van der Waals surface area (Å²) in [6.45, 7) is 9.75. The van der Waals surface area contributed by atoms with Gasteiger partial charge in [-0.1, -0.05) is 25.1 Å². The van der Waals surface area contributed by atoms with Gasteiger partial charge in [0.1, 0.15) is 17.9 Å². The number of pyridine rings is 1. The van der Waals surface area contributed by atoms with Crippen LogP contribution >= 0.6 is 0 Å². The number of carboxylic acid groups (broad SMARTS) is 1. The van der Waals surface area contributed by atoms with Crippen molar-refractivity contribution in [2.75, 3.05) is 26.9 Å². The zero-order chi connectivity index (χ0) is 31.2. The van der Waals surface area contributed by atoms with Crippen LogP contribution < -0.4 is 4.74 Å². The van der Waals surface area contributed by atoms with Crippen LogP contribution in [0.1, 0.15) is 78.3 Å². The molecule has 0 amide bonds. The zero-order valence-corrected chi connectivity index (χ0v) is 25.8. The lowest BCUT2D eigenvalue weighted by Gasteiger charge is -2.38. The normalized spacial score (nSPS) is 16.6. The molecule has 0 spiro atoms. The number of aromatic nitrogens is 3. The van der Waals surface area contributed by atoms with Crippen molar-refractivity contribution in [3.8, 4) is 17.8 Å². The molecule has 1 N–H and O–H groups in total. The molecule has 5 rings (SSSR count). The Bertz CT molecular complexity index is 1630. The lowest BCUT2D eigenvalue weighted by molar-refractivity contribution is 0.0290. The van der Waals surface area contributed by atoms with E-state index in [9.17, 15) is 15.2 Å². The minimum atomic E-state index is -1.13. The topological polar surface area (TPSA) is 123 Å². The van der Waals surface area contributed by atoms with Gasteiger partial charge < -0.3 is 19.3 Å². The summed E-state index contributed by atoms with van der Waals surface area (Å²) in [6.07, 6.45) is 6.97. The quantitative estimate of drug-likeness (QED) is 0.232. The highest BCUT2D eigenvalue weighted by Crippen LogP contribution is 2.32. The molecule has 0 atom stereocenters. The fourth-order valence-corrected chi connectivity index (χ4v) is 5.98. The van der Waals surface area contributed by atoms with E-state index in [-0.39, 0.29) is 11.4 Å². The number of aromatic carboxylic acids is 1. The molecule has 1 aromatic carbocycles. The predicted molar refractivity (Wildman–Crippen MR) is 165 cm³/mol. The number of fused-ring (bicyclic) bond motifs is 1. The van der Waals surface area contributed by atoms with Crippen molar-refractivity contribution < 1.29 is 24.1 Å². The van der Waals surface area contributed by atoms with Gasteiger partial charge in [-0.2, -0.15) is 15.0 Å². The third-order valence-electron chi connectivity index (χ3n) is 8.47. The average Bonchev–Trinajstić information content (AvgIpc) is 3.51. The van der Waals surface area contributed by atoms with Gasteiger partial charge in [0.05, 0.1) is 30.6 Å². The van der Waals surface area contributed by atoms with E-state index in [4.69, 9.17) is 19.2 Å². The third-order valence-corrected chi connectivity index (χ3v) is 8.47. The average molecular weight is 598 g/mol. The highest BCUT2D eigenvalue weighted by atomic mass is 16.5. The van der Waals surface area contributed by atoms with Crippen LogP contribution in [0.3, 0.4) is 0 Å². The molecule has 0 saturated carbocycles. The van der Waals surface area contributed by atoms with Gasteiger partial charge in [0.2, 0.25) is 5.88 Å². The molecule has 44 heavy (non-hydrogen) atoms. The lowest BCUT2D eigenvalue weighted by Crippen LogP contribution is -2.42. The molecule has 230 valence electrons. The number of methoxy groups -OCH3 is 1. The Morgan fingerprint density at radius 1 is 1.27 bits per heavy atom. The molecular formula is C34H39N5O5. The van der Waals surface area contributed by atoms with Crippen molar-refractivity contribution in [1.29, 1.82) is 5.26 Å². The summed E-state index contributed by atoms with van der Waals surface area (Å²) in [4.78, 5) is 18.9. The molecule has 10 nitrogen and oxygen atoms in total. The molecule has 2 aromatic heterocycles. The van der Waals surface area contributed by atoms with E-state index >= 15 is 0 Å². The van der Waals surface area contributed by atoms with E-state index in [1.54, 1.807) is 6.07 Å². The summed E-state index contributed by atoms with van der Waals surface area (Å²) in [5.74, 6) is 0.106. The van der Waals surface area contributed by atoms with E-state index in [1.807, 2.05) is 38.1 Å². The van der Waals surface area contributed by atoms with E-state index < -0.39 is 5.97 Å². The van der Waals surface area contributed by atoms with Crippen molar-refractivity contribution >= 4 is 11.5 Å². The Labute approximate surface area is 258 Å². The van der Waals surface area contributed by atoms with Crippen molar-refractivity contribution in [1.82, 2.24) is 19.7 Å².